The fourth-order valence-electron chi connectivity index (χ4n) is 1.73. The van der Waals surface area contributed by atoms with Crippen LogP contribution in [0.25, 0.3) is 0 Å². The zero-order valence-corrected chi connectivity index (χ0v) is 9.97. The standard InChI is InChI=1S/C13H18N2O2/c1-15(9-12(16)10-7-8-10)13(17)14-11-5-3-2-4-6-11/h2-6,10,12,16H,7-9H2,1H3,(H,14,17). The average Bonchev–Trinajstić information content (AvgIpc) is 3.14. The number of carbonyl (C=O) groups is 1. The molecule has 1 aromatic rings. The lowest BCUT2D eigenvalue weighted by atomic mass is 10.2. The van der Waals surface area contributed by atoms with Crippen molar-refractivity contribution in [3.63, 3.8) is 0 Å². The number of anilines is 1. The second kappa shape index (κ2) is 5.19. The summed E-state index contributed by atoms with van der Waals surface area (Å²) in [5, 5.41) is 12.5. The predicted octanol–water partition coefficient (Wildman–Crippen LogP) is 1.92. The first-order chi connectivity index (χ1) is 8.16. The van der Waals surface area contributed by atoms with Crippen LogP contribution in [0.15, 0.2) is 30.3 Å². The second-order valence-electron chi connectivity index (χ2n) is 4.58. The number of benzene rings is 1. The van der Waals surface area contributed by atoms with Gasteiger partial charge >= 0.3 is 6.03 Å². The molecule has 0 spiro atoms. The predicted molar refractivity (Wildman–Crippen MR) is 66.8 cm³/mol. The highest BCUT2D eigenvalue weighted by Gasteiger charge is 2.31. The van der Waals surface area contributed by atoms with Crippen LogP contribution in [0.1, 0.15) is 12.8 Å². The largest absolute Gasteiger partial charge is 0.391 e. The number of rotatable bonds is 4. The molecule has 0 bridgehead atoms. The SMILES string of the molecule is CN(CC(O)C1CC1)C(=O)Nc1ccccc1. The van der Waals surface area contributed by atoms with Crippen LogP contribution >= 0.6 is 0 Å². The fourth-order valence-corrected chi connectivity index (χ4v) is 1.73. The number of nitrogens with one attached hydrogen (secondary N) is 1. The van der Waals surface area contributed by atoms with Gasteiger partial charge in [0.2, 0.25) is 0 Å². The van der Waals surface area contributed by atoms with Gasteiger partial charge in [-0.3, -0.25) is 0 Å². The molecule has 2 amide bonds. The van der Waals surface area contributed by atoms with E-state index < -0.39 is 0 Å². The van der Waals surface area contributed by atoms with Gasteiger partial charge < -0.3 is 15.3 Å². The molecule has 0 radical (unpaired) electrons. The number of hydrogen-bond donors (Lipinski definition) is 2. The molecule has 92 valence electrons. The van der Waals surface area contributed by atoms with Gasteiger partial charge in [0.1, 0.15) is 0 Å². The van der Waals surface area contributed by atoms with Gasteiger partial charge in [-0.25, -0.2) is 4.79 Å². The van der Waals surface area contributed by atoms with Crippen LogP contribution in [-0.4, -0.2) is 35.7 Å². The van der Waals surface area contributed by atoms with Gasteiger partial charge in [-0.1, -0.05) is 18.2 Å². The third-order valence-electron chi connectivity index (χ3n) is 3.00. The maximum Gasteiger partial charge on any atom is 0.321 e. The molecule has 4 heteroatoms. The minimum absolute atomic E-state index is 0.184. The molecule has 2 rings (SSSR count). The van der Waals surface area contributed by atoms with Crippen molar-refractivity contribution in [2.75, 3.05) is 18.9 Å². The number of nitrogens with zero attached hydrogens (tertiary/aromatic N) is 1. The average molecular weight is 234 g/mol. The summed E-state index contributed by atoms with van der Waals surface area (Å²) in [5.41, 5.74) is 0.769. The monoisotopic (exact) mass is 234 g/mol. The molecule has 0 aliphatic heterocycles. The summed E-state index contributed by atoms with van der Waals surface area (Å²) in [7, 11) is 1.70. The molecule has 0 aromatic heterocycles. The quantitative estimate of drug-likeness (QED) is 0.836. The highest BCUT2D eigenvalue weighted by Crippen LogP contribution is 2.32. The lowest BCUT2D eigenvalue weighted by molar-refractivity contribution is 0.117. The minimum Gasteiger partial charge on any atom is -0.391 e. The lowest BCUT2D eigenvalue weighted by Gasteiger charge is -2.21. The molecule has 1 aliphatic carbocycles. The Morgan fingerprint density at radius 2 is 2.12 bits per heavy atom. The first kappa shape index (κ1) is 11.9. The molecule has 2 N–H and O–H groups in total. The summed E-state index contributed by atoms with van der Waals surface area (Å²) in [6.45, 7) is 0.392. The summed E-state index contributed by atoms with van der Waals surface area (Å²) in [6, 6.07) is 9.13. The van der Waals surface area contributed by atoms with Gasteiger partial charge in [0.25, 0.3) is 0 Å². The minimum atomic E-state index is -0.387. The molecular weight excluding hydrogens is 216 g/mol. The van der Waals surface area contributed by atoms with Crippen molar-refractivity contribution < 1.29 is 9.90 Å². The Kier molecular flexibility index (Phi) is 3.64. The molecular formula is C13H18N2O2. The van der Waals surface area contributed by atoms with Crippen molar-refractivity contribution in [1.82, 2.24) is 4.90 Å². The van der Waals surface area contributed by atoms with Crippen LogP contribution in [0.3, 0.4) is 0 Å². The Bertz CT molecular complexity index is 376. The number of hydrogen-bond acceptors (Lipinski definition) is 2. The number of urea groups is 1. The van der Waals surface area contributed by atoms with Crippen molar-refractivity contribution in [2.45, 2.75) is 18.9 Å². The van der Waals surface area contributed by atoms with E-state index in [1.807, 2.05) is 30.3 Å². The van der Waals surface area contributed by atoms with Crippen molar-refractivity contribution in [1.29, 1.82) is 0 Å². The summed E-state index contributed by atoms with van der Waals surface area (Å²) in [6.07, 6.45) is 1.77. The smallest absolute Gasteiger partial charge is 0.321 e. The molecule has 1 atom stereocenters. The van der Waals surface area contributed by atoms with Crippen molar-refractivity contribution >= 4 is 11.7 Å². The number of carbonyl (C=O) groups excluding carboxylic acids is 1. The Morgan fingerprint density at radius 3 is 2.71 bits per heavy atom. The van der Waals surface area contributed by atoms with E-state index in [9.17, 15) is 9.90 Å². The van der Waals surface area contributed by atoms with Gasteiger partial charge in [-0.05, 0) is 30.9 Å². The van der Waals surface area contributed by atoms with Crippen LogP contribution in [0.4, 0.5) is 10.5 Å². The van der Waals surface area contributed by atoms with E-state index in [0.29, 0.717) is 12.5 Å². The van der Waals surface area contributed by atoms with Gasteiger partial charge in [-0.15, -0.1) is 0 Å². The van der Waals surface area contributed by atoms with Gasteiger partial charge in [0, 0.05) is 19.3 Å². The molecule has 4 nitrogen and oxygen atoms in total. The number of para-hydroxylation sites is 1. The van der Waals surface area contributed by atoms with E-state index >= 15 is 0 Å². The molecule has 0 heterocycles. The number of amides is 2. The number of likely N-dealkylation sites (N-methyl/N-ethyl adjacent to an activating group) is 1. The van der Waals surface area contributed by atoms with Crippen LogP contribution in [-0.2, 0) is 0 Å². The zero-order valence-electron chi connectivity index (χ0n) is 9.97. The number of aliphatic hydroxyl groups excluding tert-OH is 1. The lowest BCUT2D eigenvalue weighted by Crippen LogP contribution is -2.37. The highest BCUT2D eigenvalue weighted by molar-refractivity contribution is 5.89. The molecule has 0 saturated heterocycles. The molecule has 1 aromatic carbocycles. The van der Waals surface area contributed by atoms with E-state index in [-0.39, 0.29) is 12.1 Å². The topological polar surface area (TPSA) is 52.6 Å². The Morgan fingerprint density at radius 1 is 1.47 bits per heavy atom. The Labute approximate surface area is 101 Å². The van der Waals surface area contributed by atoms with Crippen LogP contribution < -0.4 is 5.32 Å². The summed E-state index contributed by atoms with van der Waals surface area (Å²) in [4.78, 5) is 13.3. The van der Waals surface area contributed by atoms with Crippen molar-refractivity contribution in [3.8, 4) is 0 Å². The summed E-state index contributed by atoms with van der Waals surface area (Å²) < 4.78 is 0. The highest BCUT2D eigenvalue weighted by atomic mass is 16.3. The van der Waals surface area contributed by atoms with Gasteiger partial charge in [0.15, 0.2) is 0 Å². The number of aliphatic hydroxyl groups is 1. The summed E-state index contributed by atoms with van der Waals surface area (Å²) in [5.74, 6) is 0.391. The van der Waals surface area contributed by atoms with E-state index in [4.69, 9.17) is 0 Å². The molecule has 17 heavy (non-hydrogen) atoms. The van der Waals surface area contributed by atoms with E-state index in [1.54, 1.807) is 7.05 Å². The summed E-state index contributed by atoms with van der Waals surface area (Å²) >= 11 is 0. The Balaban J connectivity index is 1.82. The molecule has 1 fully saturated rings. The fraction of sp³-hybridized carbons (Fsp3) is 0.462. The van der Waals surface area contributed by atoms with Crippen LogP contribution in [0.5, 0.6) is 0 Å². The molecule has 1 saturated carbocycles. The first-order valence-electron chi connectivity index (χ1n) is 5.92. The Hall–Kier alpha value is -1.55. The van der Waals surface area contributed by atoms with Crippen molar-refractivity contribution in [2.24, 2.45) is 5.92 Å². The van der Waals surface area contributed by atoms with Gasteiger partial charge in [-0.2, -0.15) is 0 Å². The third-order valence-corrected chi connectivity index (χ3v) is 3.00. The molecule has 1 unspecified atom stereocenters. The van der Waals surface area contributed by atoms with E-state index in [0.717, 1.165) is 18.5 Å². The van der Waals surface area contributed by atoms with Crippen molar-refractivity contribution in [3.05, 3.63) is 30.3 Å². The zero-order chi connectivity index (χ0) is 12.3. The first-order valence-corrected chi connectivity index (χ1v) is 5.92. The second-order valence-corrected chi connectivity index (χ2v) is 4.58. The van der Waals surface area contributed by atoms with Gasteiger partial charge in [0.05, 0.1) is 6.10 Å². The third kappa shape index (κ3) is 3.46. The van der Waals surface area contributed by atoms with Crippen LogP contribution in [0.2, 0.25) is 0 Å². The van der Waals surface area contributed by atoms with E-state index in [1.165, 1.54) is 4.90 Å². The maximum absolute atomic E-state index is 11.8. The van der Waals surface area contributed by atoms with Crippen LogP contribution in [0, 0.1) is 5.92 Å². The van der Waals surface area contributed by atoms with E-state index in [2.05, 4.69) is 5.32 Å². The maximum atomic E-state index is 11.8. The normalized spacial score (nSPS) is 16.4. The molecule has 1 aliphatic rings.